The number of hydrogen-bond acceptors (Lipinski definition) is 7. The van der Waals surface area contributed by atoms with Gasteiger partial charge in [-0.1, -0.05) is 28.1 Å². The molecule has 0 aliphatic carbocycles. The summed E-state index contributed by atoms with van der Waals surface area (Å²) < 4.78 is 6.19. The molecule has 0 saturated heterocycles. The van der Waals surface area contributed by atoms with Crippen LogP contribution in [0.15, 0.2) is 46.3 Å². The number of ether oxygens (including phenoxy) is 1. The van der Waals surface area contributed by atoms with Crippen molar-refractivity contribution in [2.75, 3.05) is 17.7 Å². The number of thiophene rings is 2. The number of benzene rings is 1. The standard InChI is InChI=1S/C22H18BrN3O3S2/c1-3-29-22(28)16-15(12-5-7-13(23)8-6-12)10-30-21(16)26-19(27)18-17(24)14-9-4-11(2)25-20(14)31-18/h4-10H,3,24H2,1-2H3,(H,26,27). The van der Waals surface area contributed by atoms with Crippen molar-refractivity contribution in [3.63, 3.8) is 0 Å². The second-order valence-corrected chi connectivity index (χ2v) is 9.48. The Labute approximate surface area is 195 Å². The highest BCUT2D eigenvalue weighted by molar-refractivity contribution is 9.10. The number of carbonyl (C=O) groups excluding carboxylic acids is 2. The maximum Gasteiger partial charge on any atom is 0.341 e. The molecule has 3 heterocycles. The van der Waals surface area contributed by atoms with Crippen molar-refractivity contribution >= 4 is 71.4 Å². The zero-order valence-corrected chi connectivity index (χ0v) is 19.9. The Morgan fingerprint density at radius 3 is 2.65 bits per heavy atom. The largest absolute Gasteiger partial charge is 0.462 e. The summed E-state index contributed by atoms with van der Waals surface area (Å²) in [4.78, 5) is 31.3. The molecule has 4 aromatic rings. The van der Waals surface area contributed by atoms with Gasteiger partial charge in [0.25, 0.3) is 5.91 Å². The number of amides is 1. The third-order valence-electron chi connectivity index (χ3n) is 4.59. The molecule has 0 spiro atoms. The lowest BCUT2D eigenvalue weighted by atomic mass is 10.0. The molecule has 6 nitrogen and oxygen atoms in total. The van der Waals surface area contributed by atoms with Gasteiger partial charge in [-0.2, -0.15) is 0 Å². The number of aryl methyl sites for hydroxylation is 1. The second kappa shape index (κ2) is 8.78. The minimum atomic E-state index is -0.487. The second-order valence-electron chi connectivity index (χ2n) is 6.69. The van der Waals surface area contributed by atoms with Gasteiger partial charge in [0.1, 0.15) is 20.3 Å². The predicted molar refractivity (Wildman–Crippen MR) is 130 cm³/mol. The minimum Gasteiger partial charge on any atom is -0.462 e. The van der Waals surface area contributed by atoms with E-state index in [9.17, 15) is 9.59 Å². The summed E-state index contributed by atoms with van der Waals surface area (Å²) in [5.41, 5.74) is 9.33. The number of nitrogens with zero attached hydrogens (tertiary/aromatic N) is 1. The van der Waals surface area contributed by atoms with E-state index in [1.807, 2.05) is 48.7 Å². The van der Waals surface area contributed by atoms with E-state index in [4.69, 9.17) is 10.5 Å². The maximum atomic E-state index is 13.1. The molecule has 0 saturated carbocycles. The summed E-state index contributed by atoms with van der Waals surface area (Å²) >= 11 is 5.92. The van der Waals surface area contributed by atoms with E-state index in [0.717, 1.165) is 21.1 Å². The lowest BCUT2D eigenvalue weighted by Gasteiger charge is -2.09. The van der Waals surface area contributed by atoms with Crippen molar-refractivity contribution in [1.82, 2.24) is 4.98 Å². The number of anilines is 2. The number of rotatable bonds is 5. The molecule has 1 amide bonds. The highest BCUT2D eigenvalue weighted by Crippen LogP contribution is 2.38. The first-order valence-corrected chi connectivity index (χ1v) is 11.9. The first-order chi connectivity index (χ1) is 14.9. The van der Waals surface area contributed by atoms with Crippen LogP contribution in [0.4, 0.5) is 10.7 Å². The van der Waals surface area contributed by atoms with Gasteiger partial charge in [0.2, 0.25) is 0 Å². The maximum absolute atomic E-state index is 13.1. The zero-order chi connectivity index (χ0) is 22.1. The Bertz CT molecular complexity index is 1300. The molecule has 0 aliphatic heterocycles. The molecule has 0 radical (unpaired) electrons. The number of carbonyl (C=O) groups is 2. The molecule has 3 aromatic heterocycles. The number of halogens is 1. The van der Waals surface area contributed by atoms with Gasteiger partial charge in [0.15, 0.2) is 0 Å². The van der Waals surface area contributed by atoms with Crippen LogP contribution in [0.2, 0.25) is 0 Å². The van der Waals surface area contributed by atoms with Crippen LogP contribution in [0.5, 0.6) is 0 Å². The SMILES string of the molecule is CCOC(=O)c1c(-c2ccc(Br)cc2)csc1NC(=O)c1sc2nc(C)ccc2c1N. The molecule has 31 heavy (non-hydrogen) atoms. The van der Waals surface area contributed by atoms with E-state index in [1.54, 1.807) is 6.92 Å². The highest BCUT2D eigenvalue weighted by Gasteiger charge is 2.25. The summed E-state index contributed by atoms with van der Waals surface area (Å²) in [5.74, 6) is -0.869. The topological polar surface area (TPSA) is 94.3 Å². The van der Waals surface area contributed by atoms with Crippen LogP contribution in [0.25, 0.3) is 21.3 Å². The average Bonchev–Trinajstić information content (AvgIpc) is 3.29. The quantitative estimate of drug-likeness (QED) is 0.312. The Morgan fingerprint density at radius 1 is 1.19 bits per heavy atom. The van der Waals surface area contributed by atoms with E-state index < -0.39 is 5.97 Å². The molecule has 0 fully saturated rings. The number of fused-ring (bicyclic) bond motifs is 1. The van der Waals surface area contributed by atoms with Gasteiger partial charge in [0.05, 0.1) is 12.3 Å². The predicted octanol–water partition coefficient (Wildman–Crippen LogP) is 6.11. The van der Waals surface area contributed by atoms with Crippen molar-refractivity contribution < 1.29 is 14.3 Å². The number of aromatic nitrogens is 1. The van der Waals surface area contributed by atoms with Crippen LogP contribution >= 0.6 is 38.6 Å². The molecule has 1 aromatic carbocycles. The summed E-state index contributed by atoms with van der Waals surface area (Å²) in [7, 11) is 0. The summed E-state index contributed by atoms with van der Waals surface area (Å²) in [6.45, 7) is 3.86. The first kappa shape index (κ1) is 21.5. The van der Waals surface area contributed by atoms with Crippen LogP contribution in [-0.2, 0) is 4.74 Å². The van der Waals surface area contributed by atoms with Gasteiger partial charge >= 0.3 is 5.97 Å². The van der Waals surface area contributed by atoms with Gasteiger partial charge in [-0.25, -0.2) is 9.78 Å². The lowest BCUT2D eigenvalue weighted by molar-refractivity contribution is 0.0529. The number of nitrogens with two attached hydrogens (primary N) is 1. The summed E-state index contributed by atoms with van der Waals surface area (Å²) in [6, 6.07) is 11.3. The van der Waals surface area contributed by atoms with Gasteiger partial charge in [-0.15, -0.1) is 22.7 Å². The van der Waals surface area contributed by atoms with Gasteiger partial charge in [0, 0.05) is 26.5 Å². The summed E-state index contributed by atoms with van der Waals surface area (Å²) in [5, 5.41) is 5.86. The Morgan fingerprint density at radius 2 is 1.94 bits per heavy atom. The molecule has 4 rings (SSSR count). The zero-order valence-electron chi connectivity index (χ0n) is 16.7. The number of hydrogen-bond donors (Lipinski definition) is 2. The van der Waals surface area contributed by atoms with Crippen LogP contribution in [0.1, 0.15) is 32.6 Å². The molecule has 0 aliphatic rings. The van der Waals surface area contributed by atoms with E-state index in [0.29, 0.717) is 31.5 Å². The molecular formula is C22H18BrN3O3S2. The van der Waals surface area contributed by atoms with E-state index >= 15 is 0 Å². The molecule has 158 valence electrons. The number of pyridine rings is 1. The van der Waals surface area contributed by atoms with Crippen molar-refractivity contribution in [2.45, 2.75) is 13.8 Å². The average molecular weight is 516 g/mol. The van der Waals surface area contributed by atoms with Crippen molar-refractivity contribution in [3.05, 3.63) is 62.4 Å². The Kier molecular flexibility index (Phi) is 6.08. The van der Waals surface area contributed by atoms with Gasteiger partial charge < -0.3 is 15.8 Å². The van der Waals surface area contributed by atoms with E-state index in [2.05, 4.69) is 26.2 Å². The summed E-state index contributed by atoms with van der Waals surface area (Å²) in [6.07, 6.45) is 0. The van der Waals surface area contributed by atoms with Crippen LogP contribution in [0, 0.1) is 6.92 Å². The molecule has 0 unspecified atom stereocenters. The van der Waals surface area contributed by atoms with E-state index in [-0.39, 0.29) is 12.5 Å². The molecular weight excluding hydrogens is 498 g/mol. The normalized spacial score (nSPS) is 10.9. The fourth-order valence-corrected chi connectivity index (χ4v) is 5.37. The molecule has 0 atom stereocenters. The van der Waals surface area contributed by atoms with Crippen molar-refractivity contribution in [1.29, 1.82) is 0 Å². The van der Waals surface area contributed by atoms with Crippen molar-refractivity contribution in [3.8, 4) is 11.1 Å². The monoisotopic (exact) mass is 515 g/mol. The lowest BCUT2D eigenvalue weighted by Crippen LogP contribution is -2.14. The Hall–Kier alpha value is -2.75. The fraction of sp³-hybridized carbons (Fsp3) is 0.136. The third kappa shape index (κ3) is 4.21. The van der Waals surface area contributed by atoms with Crippen molar-refractivity contribution in [2.24, 2.45) is 0 Å². The third-order valence-corrected chi connectivity index (χ3v) is 7.13. The van der Waals surface area contributed by atoms with Crippen LogP contribution in [-0.4, -0.2) is 23.5 Å². The van der Waals surface area contributed by atoms with Gasteiger partial charge in [-0.05, 0) is 43.7 Å². The minimum absolute atomic E-state index is 0.232. The first-order valence-electron chi connectivity index (χ1n) is 9.40. The number of nitrogen functional groups attached to an aromatic ring is 1. The van der Waals surface area contributed by atoms with Crippen LogP contribution in [0.3, 0.4) is 0 Å². The van der Waals surface area contributed by atoms with E-state index in [1.165, 1.54) is 22.7 Å². The fourth-order valence-electron chi connectivity index (χ4n) is 3.12. The highest BCUT2D eigenvalue weighted by atomic mass is 79.9. The Balaban J connectivity index is 1.72. The number of esters is 1. The number of nitrogens with one attached hydrogen (secondary N) is 1. The molecule has 9 heteroatoms. The van der Waals surface area contributed by atoms with Gasteiger partial charge in [-0.3, -0.25) is 4.79 Å². The molecule has 3 N–H and O–H groups in total. The molecule has 0 bridgehead atoms. The smallest absolute Gasteiger partial charge is 0.341 e. The van der Waals surface area contributed by atoms with Crippen LogP contribution < -0.4 is 11.1 Å².